The fraction of sp³-hybridized carbons (Fsp3) is 0.789. The van der Waals surface area contributed by atoms with Gasteiger partial charge in [-0.1, -0.05) is 27.7 Å². The van der Waals surface area contributed by atoms with E-state index >= 15 is 0 Å². The number of hydrogen-bond donors (Lipinski definition) is 6. The van der Waals surface area contributed by atoms with Gasteiger partial charge in [0.25, 0.3) is 0 Å². The second kappa shape index (κ2) is 13.1. The van der Waals surface area contributed by atoms with E-state index in [-0.39, 0.29) is 11.8 Å². The van der Waals surface area contributed by atoms with Crippen LogP contribution in [-0.4, -0.2) is 59.5 Å². The Balaban J connectivity index is 5.27. The summed E-state index contributed by atoms with van der Waals surface area (Å²) in [6, 6.07) is -3.67. The first-order valence-corrected chi connectivity index (χ1v) is 10.0. The van der Waals surface area contributed by atoms with Gasteiger partial charge in [-0.2, -0.15) is 0 Å². The highest BCUT2D eigenvalue weighted by Gasteiger charge is 2.31. The molecule has 0 spiro atoms. The van der Waals surface area contributed by atoms with Crippen LogP contribution < -0.4 is 27.4 Å². The van der Waals surface area contributed by atoms with Crippen LogP contribution in [0.15, 0.2) is 0 Å². The van der Waals surface area contributed by atoms with Gasteiger partial charge >= 0.3 is 5.97 Å². The van der Waals surface area contributed by atoms with Gasteiger partial charge in [0.05, 0.1) is 6.04 Å². The topological polar surface area (TPSA) is 177 Å². The molecular weight excluding hydrogens is 378 g/mol. The zero-order chi connectivity index (χ0) is 22.7. The van der Waals surface area contributed by atoms with Gasteiger partial charge in [0.2, 0.25) is 17.7 Å². The minimum Gasteiger partial charge on any atom is -0.480 e. The van der Waals surface area contributed by atoms with E-state index in [1.54, 1.807) is 27.7 Å². The quantitative estimate of drug-likeness (QED) is 0.216. The lowest BCUT2D eigenvalue weighted by atomic mass is 9.99. The highest BCUT2D eigenvalue weighted by atomic mass is 16.4. The third-order valence-electron chi connectivity index (χ3n) is 4.58. The number of amides is 3. The standard InChI is InChI=1S/C19H37N5O5/c1-10(2)14(21)17(26)24-15(11(3)4)18(27)23-13(8-6-7-9-20)16(25)22-12(5)19(28)29/h10-15H,6-9,20-21H2,1-5H3,(H,22,25)(H,23,27)(H,24,26)(H,28,29). The Bertz CT molecular complexity index is 567. The van der Waals surface area contributed by atoms with E-state index in [2.05, 4.69) is 16.0 Å². The summed E-state index contributed by atoms with van der Waals surface area (Å²) in [6.07, 6.45) is 1.53. The molecular formula is C19H37N5O5. The van der Waals surface area contributed by atoms with Crippen molar-refractivity contribution in [2.45, 2.75) is 78.0 Å². The number of aliphatic carboxylic acids is 1. The molecule has 4 unspecified atom stereocenters. The summed E-state index contributed by atoms with van der Waals surface area (Å²) < 4.78 is 0. The number of rotatable bonds is 13. The number of nitrogens with two attached hydrogens (primary N) is 2. The summed E-state index contributed by atoms with van der Waals surface area (Å²) >= 11 is 0. The number of hydrogen-bond acceptors (Lipinski definition) is 6. The highest BCUT2D eigenvalue weighted by molar-refractivity contribution is 5.94. The molecule has 0 heterocycles. The fourth-order valence-corrected chi connectivity index (χ4v) is 2.49. The van der Waals surface area contributed by atoms with Gasteiger partial charge in [0.15, 0.2) is 0 Å². The molecule has 0 aromatic heterocycles. The molecule has 0 aromatic rings. The predicted molar refractivity (Wildman–Crippen MR) is 110 cm³/mol. The molecule has 0 aromatic carbocycles. The molecule has 168 valence electrons. The third-order valence-corrected chi connectivity index (χ3v) is 4.58. The second-order valence-electron chi connectivity index (χ2n) is 7.91. The average Bonchev–Trinajstić information content (AvgIpc) is 2.63. The Kier molecular flexibility index (Phi) is 12.1. The van der Waals surface area contributed by atoms with Crippen LogP contribution in [0.4, 0.5) is 0 Å². The van der Waals surface area contributed by atoms with Crippen molar-refractivity contribution in [2.75, 3.05) is 6.54 Å². The largest absolute Gasteiger partial charge is 0.480 e. The van der Waals surface area contributed by atoms with Gasteiger partial charge < -0.3 is 32.5 Å². The smallest absolute Gasteiger partial charge is 0.325 e. The van der Waals surface area contributed by atoms with E-state index in [1.165, 1.54) is 6.92 Å². The molecule has 0 aliphatic rings. The monoisotopic (exact) mass is 415 g/mol. The highest BCUT2D eigenvalue weighted by Crippen LogP contribution is 2.08. The molecule has 0 saturated carbocycles. The Morgan fingerprint density at radius 1 is 0.828 bits per heavy atom. The molecule has 0 radical (unpaired) electrons. The van der Waals surface area contributed by atoms with E-state index in [4.69, 9.17) is 16.6 Å². The van der Waals surface area contributed by atoms with Crippen LogP contribution >= 0.6 is 0 Å². The van der Waals surface area contributed by atoms with Crippen molar-refractivity contribution in [3.63, 3.8) is 0 Å². The molecule has 0 rings (SSSR count). The van der Waals surface area contributed by atoms with Crippen molar-refractivity contribution in [3.8, 4) is 0 Å². The van der Waals surface area contributed by atoms with Crippen LogP contribution in [0.5, 0.6) is 0 Å². The fourth-order valence-electron chi connectivity index (χ4n) is 2.49. The van der Waals surface area contributed by atoms with Crippen LogP contribution in [0.1, 0.15) is 53.9 Å². The Labute approximate surface area is 172 Å². The molecule has 8 N–H and O–H groups in total. The van der Waals surface area contributed by atoms with Crippen molar-refractivity contribution in [2.24, 2.45) is 23.3 Å². The molecule has 0 aliphatic carbocycles. The SMILES string of the molecule is CC(NC(=O)C(CCCCN)NC(=O)C(NC(=O)C(N)C(C)C)C(C)C)C(=O)O. The molecule has 3 amide bonds. The summed E-state index contributed by atoms with van der Waals surface area (Å²) in [4.78, 5) is 48.5. The van der Waals surface area contributed by atoms with Crippen molar-refractivity contribution in [1.29, 1.82) is 0 Å². The van der Waals surface area contributed by atoms with E-state index < -0.39 is 47.9 Å². The zero-order valence-electron chi connectivity index (χ0n) is 18.0. The number of nitrogens with one attached hydrogen (secondary N) is 3. The molecule has 29 heavy (non-hydrogen) atoms. The zero-order valence-corrected chi connectivity index (χ0v) is 18.0. The number of carbonyl (C=O) groups excluding carboxylic acids is 3. The molecule has 4 atom stereocenters. The van der Waals surface area contributed by atoms with Crippen LogP contribution in [0.2, 0.25) is 0 Å². The maximum absolute atomic E-state index is 12.8. The number of carbonyl (C=O) groups is 4. The van der Waals surface area contributed by atoms with Gasteiger partial charge in [0.1, 0.15) is 18.1 Å². The van der Waals surface area contributed by atoms with Crippen molar-refractivity contribution >= 4 is 23.7 Å². The molecule has 0 bridgehead atoms. The Morgan fingerprint density at radius 3 is 1.86 bits per heavy atom. The second-order valence-corrected chi connectivity index (χ2v) is 7.91. The summed E-state index contributed by atoms with van der Waals surface area (Å²) in [6.45, 7) is 8.91. The number of unbranched alkanes of at least 4 members (excludes halogenated alkanes) is 1. The Hall–Kier alpha value is -2.20. The summed E-state index contributed by atoms with van der Waals surface area (Å²) in [5.41, 5.74) is 11.3. The Morgan fingerprint density at radius 2 is 1.41 bits per heavy atom. The van der Waals surface area contributed by atoms with Gasteiger partial charge in [-0.3, -0.25) is 19.2 Å². The van der Waals surface area contributed by atoms with E-state index in [0.29, 0.717) is 25.8 Å². The maximum atomic E-state index is 12.8. The molecule has 0 aliphatic heterocycles. The van der Waals surface area contributed by atoms with Crippen molar-refractivity contribution in [3.05, 3.63) is 0 Å². The van der Waals surface area contributed by atoms with E-state index in [0.717, 1.165) is 0 Å². The van der Waals surface area contributed by atoms with Crippen LogP contribution in [0, 0.1) is 11.8 Å². The first-order chi connectivity index (χ1) is 13.4. The van der Waals surface area contributed by atoms with E-state index in [1.807, 2.05) is 0 Å². The number of carboxylic acid groups (broad SMARTS) is 1. The molecule has 10 nitrogen and oxygen atoms in total. The molecule has 10 heteroatoms. The summed E-state index contributed by atoms with van der Waals surface area (Å²) in [5, 5.41) is 16.6. The first kappa shape index (κ1) is 26.8. The molecule has 0 fully saturated rings. The van der Waals surface area contributed by atoms with Crippen LogP contribution in [0.3, 0.4) is 0 Å². The predicted octanol–water partition coefficient (Wildman–Crippen LogP) is -0.686. The average molecular weight is 416 g/mol. The first-order valence-electron chi connectivity index (χ1n) is 10.0. The van der Waals surface area contributed by atoms with Gasteiger partial charge in [0, 0.05) is 0 Å². The van der Waals surface area contributed by atoms with Crippen LogP contribution in [-0.2, 0) is 19.2 Å². The normalized spacial score (nSPS) is 15.3. The minimum absolute atomic E-state index is 0.0989. The van der Waals surface area contributed by atoms with Gasteiger partial charge in [-0.25, -0.2) is 0 Å². The van der Waals surface area contributed by atoms with Crippen molar-refractivity contribution in [1.82, 2.24) is 16.0 Å². The lowest BCUT2D eigenvalue weighted by Gasteiger charge is -2.27. The third kappa shape index (κ3) is 9.71. The lowest BCUT2D eigenvalue weighted by molar-refractivity contribution is -0.142. The maximum Gasteiger partial charge on any atom is 0.325 e. The lowest BCUT2D eigenvalue weighted by Crippen LogP contribution is -2.58. The van der Waals surface area contributed by atoms with Crippen LogP contribution in [0.25, 0.3) is 0 Å². The minimum atomic E-state index is -1.18. The molecule has 0 saturated heterocycles. The van der Waals surface area contributed by atoms with E-state index in [9.17, 15) is 19.2 Å². The van der Waals surface area contributed by atoms with Gasteiger partial charge in [-0.15, -0.1) is 0 Å². The van der Waals surface area contributed by atoms with Crippen molar-refractivity contribution < 1.29 is 24.3 Å². The summed E-state index contributed by atoms with van der Waals surface area (Å²) in [7, 11) is 0. The number of carboxylic acids is 1. The summed E-state index contributed by atoms with van der Waals surface area (Å²) in [5.74, 6) is -3.10. The van der Waals surface area contributed by atoms with Gasteiger partial charge in [-0.05, 0) is 44.6 Å².